The minimum Gasteiger partial charge on any atom is -0.497 e. The summed E-state index contributed by atoms with van der Waals surface area (Å²) in [6, 6.07) is 3.52. The number of nitrogens with one attached hydrogen (secondary N) is 2. The molecule has 2 aromatic rings. The van der Waals surface area contributed by atoms with E-state index in [2.05, 4.69) is 21.9 Å². The Labute approximate surface area is 287 Å². The van der Waals surface area contributed by atoms with E-state index >= 15 is 0 Å². The van der Waals surface area contributed by atoms with E-state index in [1.807, 2.05) is 31.2 Å². The van der Waals surface area contributed by atoms with Crippen LogP contribution >= 0.6 is 0 Å². The van der Waals surface area contributed by atoms with Crippen LogP contribution in [0.5, 0.6) is 17.4 Å². The van der Waals surface area contributed by atoms with Crippen LogP contribution in [0, 0.1) is 17.8 Å². The average Bonchev–Trinajstić information content (AvgIpc) is 3.95. The Balaban J connectivity index is 1.31. The second kappa shape index (κ2) is 13.1. The highest BCUT2D eigenvalue weighted by Gasteiger charge is 2.63. The predicted molar refractivity (Wildman–Crippen MR) is 182 cm³/mol. The van der Waals surface area contributed by atoms with Crippen molar-refractivity contribution in [2.75, 3.05) is 20.8 Å². The number of nitrogens with zero attached hydrogens (tertiary/aromatic N) is 2. The molecule has 1 aromatic carbocycles. The van der Waals surface area contributed by atoms with Gasteiger partial charge in [-0.15, -0.1) is 0 Å². The van der Waals surface area contributed by atoms with Crippen molar-refractivity contribution in [3.8, 4) is 17.4 Å². The lowest BCUT2D eigenvalue weighted by atomic mass is 9.88. The Bertz CT molecular complexity index is 1780. The number of sulfonamides is 1. The van der Waals surface area contributed by atoms with Crippen LogP contribution in [0.25, 0.3) is 10.8 Å². The van der Waals surface area contributed by atoms with Crippen LogP contribution in [-0.2, 0) is 24.4 Å². The second-order valence-electron chi connectivity index (χ2n) is 14.5. The Kier molecular flexibility index (Phi) is 9.33. The lowest BCUT2D eigenvalue weighted by Gasteiger charge is -2.30. The van der Waals surface area contributed by atoms with Gasteiger partial charge in [0, 0.05) is 23.1 Å². The van der Waals surface area contributed by atoms with Crippen molar-refractivity contribution < 1.29 is 37.0 Å². The maximum Gasteiger partial charge on any atom is 0.259 e. The fourth-order valence-corrected chi connectivity index (χ4v) is 8.44. The third-order valence-corrected chi connectivity index (χ3v) is 13.0. The van der Waals surface area contributed by atoms with E-state index in [4.69, 9.17) is 19.9 Å². The first kappa shape index (κ1) is 34.9. The van der Waals surface area contributed by atoms with E-state index < -0.39 is 56.2 Å². The van der Waals surface area contributed by atoms with Crippen molar-refractivity contribution >= 4 is 38.5 Å². The van der Waals surface area contributed by atoms with Crippen LogP contribution in [0.4, 0.5) is 0 Å². The summed E-state index contributed by atoms with van der Waals surface area (Å²) in [5, 5.41) is 4.27. The molecule has 0 bridgehead atoms. The largest absolute Gasteiger partial charge is 0.497 e. The summed E-state index contributed by atoms with van der Waals surface area (Å²) < 4.78 is 44.7. The molecule has 3 heterocycles. The van der Waals surface area contributed by atoms with E-state index in [1.54, 1.807) is 33.4 Å². The molecular formula is C35H47N5O8S. The molecule has 13 nitrogen and oxygen atoms in total. The average molecular weight is 698 g/mol. The van der Waals surface area contributed by atoms with E-state index in [-0.39, 0.29) is 37.1 Å². The highest BCUT2D eigenvalue weighted by molar-refractivity contribution is 7.91. The number of allylic oxidation sites excluding steroid dienone is 1. The summed E-state index contributed by atoms with van der Waals surface area (Å²) in [6.45, 7) is 5.73. The van der Waals surface area contributed by atoms with Gasteiger partial charge in [0.2, 0.25) is 27.7 Å². The topological polar surface area (TPSA) is 179 Å². The number of benzene rings is 1. The number of amides is 3. The fraction of sp³-hybridized carbons (Fsp3) is 0.600. The van der Waals surface area contributed by atoms with Gasteiger partial charge in [-0.3, -0.25) is 19.1 Å². The number of fused-ring (bicyclic) bond motifs is 3. The van der Waals surface area contributed by atoms with Crippen LogP contribution in [0.15, 0.2) is 36.5 Å². The number of hydrogen-bond acceptors (Lipinski definition) is 10. The number of carbonyl (C=O) groups excluding carboxylic acids is 3. The van der Waals surface area contributed by atoms with Crippen molar-refractivity contribution in [3.63, 3.8) is 0 Å². The Hall–Kier alpha value is -3.91. The van der Waals surface area contributed by atoms with Gasteiger partial charge in [-0.05, 0) is 75.5 Å². The van der Waals surface area contributed by atoms with Gasteiger partial charge < -0.3 is 30.2 Å². The molecule has 2 saturated carbocycles. The molecule has 7 atom stereocenters. The summed E-state index contributed by atoms with van der Waals surface area (Å²) in [6.07, 6.45) is 8.37. The maximum absolute atomic E-state index is 14.2. The summed E-state index contributed by atoms with van der Waals surface area (Å²) in [4.78, 5) is 47.9. The molecule has 4 aliphatic rings. The normalized spacial score (nSPS) is 31.4. The predicted octanol–water partition coefficient (Wildman–Crippen LogP) is 2.81. The summed E-state index contributed by atoms with van der Waals surface area (Å²) in [7, 11) is -0.834. The highest BCUT2D eigenvalue weighted by atomic mass is 32.2. The molecule has 2 aliphatic carbocycles. The number of nitrogens with two attached hydrogens (primary N) is 1. The first-order valence-electron chi connectivity index (χ1n) is 17.0. The fourth-order valence-electron chi connectivity index (χ4n) is 7.13. The zero-order valence-corrected chi connectivity index (χ0v) is 29.5. The second-order valence-corrected chi connectivity index (χ2v) is 16.7. The molecule has 6 rings (SSSR count). The van der Waals surface area contributed by atoms with Crippen LogP contribution in [0.1, 0.15) is 65.7 Å². The Morgan fingerprint density at radius 1 is 1.12 bits per heavy atom. The van der Waals surface area contributed by atoms with Gasteiger partial charge in [-0.1, -0.05) is 26.0 Å². The van der Waals surface area contributed by atoms with Crippen LogP contribution < -0.4 is 30.0 Å². The van der Waals surface area contributed by atoms with Crippen molar-refractivity contribution in [1.29, 1.82) is 0 Å². The van der Waals surface area contributed by atoms with Crippen LogP contribution in [-0.4, -0.2) is 85.3 Å². The number of aromatic nitrogens is 1. The molecule has 0 unspecified atom stereocenters. The molecule has 0 spiro atoms. The smallest absolute Gasteiger partial charge is 0.259 e. The molecule has 266 valence electrons. The monoisotopic (exact) mass is 697 g/mol. The summed E-state index contributed by atoms with van der Waals surface area (Å²) in [5.41, 5.74) is 5.11. The molecule has 2 aliphatic heterocycles. The quantitative estimate of drug-likeness (QED) is 0.365. The molecule has 4 N–H and O–H groups in total. The number of pyridine rings is 1. The van der Waals surface area contributed by atoms with Gasteiger partial charge in [-0.2, -0.15) is 0 Å². The first-order chi connectivity index (χ1) is 23.2. The lowest BCUT2D eigenvalue weighted by molar-refractivity contribution is -0.141. The van der Waals surface area contributed by atoms with Gasteiger partial charge in [-0.25, -0.2) is 13.4 Å². The first-order valence-corrected chi connectivity index (χ1v) is 18.5. The van der Waals surface area contributed by atoms with Crippen molar-refractivity contribution in [2.45, 2.75) is 94.2 Å². The minimum atomic E-state index is -3.95. The number of methoxy groups -OCH3 is 2. The molecule has 3 fully saturated rings. The standard InChI is InChI=1S/C35H47N5O8S/c1-20-8-6-7-9-22-17-35(22,33(43)39-49(44,45)34(3)12-13-34)38-30(41)27-16-24(19-40(27)32(42)29(36)21(2)14-20)48-31-25-11-10-23(46-4)15-26(25)28(47-5)18-37-31/h7,9-11,15,18,20-22,24,27,29H,6,8,12-14,16-17,19,36H2,1-5H3,(H,38,41)(H,39,43)/t20-,21-,22-,24-,27+,29+,35-/m1/s1. The lowest BCUT2D eigenvalue weighted by Crippen LogP contribution is -2.58. The molecule has 0 radical (unpaired) electrons. The van der Waals surface area contributed by atoms with Crippen molar-refractivity contribution in [2.24, 2.45) is 23.5 Å². The molecule has 1 aromatic heterocycles. The minimum absolute atomic E-state index is 0.0630. The number of hydrogen-bond donors (Lipinski definition) is 3. The summed E-state index contributed by atoms with van der Waals surface area (Å²) in [5.74, 6) is -0.539. The van der Waals surface area contributed by atoms with Crippen molar-refractivity contribution in [3.05, 3.63) is 36.5 Å². The Morgan fingerprint density at radius 3 is 2.57 bits per heavy atom. The van der Waals surface area contributed by atoms with Gasteiger partial charge >= 0.3 is 0 Å². The van der Waals surface area contributed by atoms with E-state index in [1.165, 1.54) is 4.90 Å². The van der Waals surface area contributed by atoms with Crippen LogP contribution in [0.3, 0.4) is 0 Å². The Morgan fingerprint density at radius 2 is 1.88 bits per heavy atom. The molecule has 1 saturated heterocycles. The zero-order chi connectivity index (χ0) is 35.3. The SMILES string of the molecule is COc1ccc2c(O[C@@H]3C[C@H]4C(=O)N[C@]5(C(=O)NS(=O)(=O)C6(C)CC6)C[C@H]5C=CCC[C@@H](C)C[C@@H](C)[C@H](N)C(=O)N4C3)ncc(OC)c2c1. The van der Waals surface area contributed by atoms with E-state index in [0.717, 1.165) is 19.3 Å². The van der Waals surface area contributed by atoms with Gasteiger partial charge in [0.05, 0.1) is 37.8 Å². The number of ether oxygens (including phenoxy) is 3. The highest BCUT2D eigenvalue weighted by Crippen LogP contribution is 2.47. The van der Waals surface area contributed by atoms with Gasteiger partial charge in [0.15, 0.2) is 0 Å². The zero-order valence-electron chi connectivity index (χ0n) is 28.7. The third kappa shape index (κ3) is 6.69. The molecule has 49 heavy (non-hydrogen) atoms. The van der Waals surface area contributed by atoms with E-state index in [9.17, 15) is 22.8 Å². The number of carbonyl (C=O) groups is 3. The van der Waals surface area contributed by atoms with Gasteiger partial charge in [0.25, 0.3) is 5.91 Å². The maximum atomic E-state index is 14.2. The van der Waals surface area contributed by atoms with E-state index in [0.29, 0.717) is 41.0 Å². The molecule has 14 heteroatoms. The molecule has 3 amide bonds. The summed E-state index contributed by atoms with van der Waals surface area (Å²) >= 11 is 0. The third-order valence-electron chi connectivity index (χ3n) is 10.8. The van der Waals surface area contributed by atoms with Crippen LogP contribution in [0.2, 0.25) is 0 Å². The van der Waals surface area contributed by atoms with Gasteiger partial charge in [0.1, 0.15) is 29.2 Å². The number of rotatable bonds is 7. The van der Waals surface area contributed by atoms with Crippen molar-refractivity contribution in [1.82, 2.24) is 19.9 Å². The molecular weight excluding hydrogens is 650 g/mol.